The van der Waals surface area contributed by atoms with Gasteiger partial charge in [-0.1, -0.05) is 0 Å². The number of carbonyl (C=O) groups is 2. The third kappa shape index (κ3) is 14.5. The molecule has 0 aromatic carbocycles. The third-order valence-corrected chi connectivity index (χ3v) is 4.40. The molecule has 94 valence electrons. The van der Waals surface area contributed by atoms with E-state index >= 15 is 0 Å². The van der Waals surface area contributed by atoms with Crippen LogP contribution in [0.4, 0.5) is 0 Å². The molecular weight excluding hydrogens is 247 g/mol. The van der Waals surface area contributed by atoms with Gasteiger partial charge in [-0.05, 0) is 0 Å². The fourth-order valence-electron chi connectivity index (χ4n) is 1.88. The molecule has 0 spiro atoms. The van der Waals surface area contributed by atoms with Crippen molar-refractivity contribution in [1.29, 1.82) is 0 Å². The monoisotopic (exact) mass is 268 g/mol. The second kappa shape index (κ2) is 11.7. The van der Waals surface area contributed by atoms with Gasteiger partial charge < -0.3 is 0 Å². The van der Waals surface area contributed by atoms with Gasteiger partial charge in [0.1, 0.15) is 0 Å². The number of aliphatic carboxylic acids is 2. The van der Waals surface area contributed by atoms with Gasteiger partial charge in [0.05, 0.1) is 0 Å². The fourth-order valence-corrected chi connectivity index (χ4v) is 3.06. The fraction of sp³-hybridized carbons (Fsp3) is 0.833. The van der Waals surface area contributed by atoms with E-state index in [1.165, 1.54) is 0 Å². The number of carboxylic acid groups (broad SMARTS) is 2. The van der Waals surface area contributed by atoms with Crippen molar-refractivity contribution in [2.75, 3.05) is 0 Å². The summed E-state index contributed by atoms with van der Waals surface area (Å²) < 4.78 is 0.451. The zero-order valence-electron chi connectivity index (χ0n) is 10.7. The van der Waals surface area contributed by atoms with Gasteiger partial charge in [-0.2, -0.15) is 0 Å². The first-order valence-corrected chi connectivity index (χ1v) is 8.26. The summed E-state index contributed by atoms with van der Waals surface area (Å²) in [5.41, 5.74) is 0. The first-order valence-electron chi connectivity index (χ1n) is 6.46. The SMILES string of the molecule is O=C(O)CCCCCCCC[CH]([K])CC(=O)O. The average molecular weight is 268 g/mol. The quantitative estimate of drug-likeness (QED) is 0.446. The molecule has 0 aromatic heterocycles. The molecule has 0 heterocycles. The summed E-state index contributed by atoms with van der Waals surface area (Å²) in [4.78, 5) is 20.7. The number of rotatable bonds is 11. The number of unbranched alkanes of at least 4 members (excludes halogenated alkanes) is 5. The molecule has 1 unspecified atom stereocenters. The molecule has 0 aliphatic carbocycles. The van der Waals surface area contributed by atoms with Crippen LogP contribution in [0.25, 0.3) is 0 Å². The number of hydrogen-bond acceptors (Lipinski definition) is 2. The van der Waals surface area contributed by atoms with Crippen LogP contribution < -0.4 is 0 Å². The average Bonchev–Trinajstić information content (AvgIpc) is 2.20. The molecule has 0 saturated heterocycles. The van der Waals surface area contributed by atoms with Gasteiger partial charge in [0, 0.05) is 0 Å². The van der Waals surface area contributed by atoms with E-state index in [0.29, 0.717) is 55.4 Å². The maximum absolute atomic E-state index is 10.5. The Morgan fingerprint density at radius 2 is 1.41 bits per heavy atom. The van der Waals surface area contributed by atoms with Crippen molar-refractivity contribution in [3.8, 4) is 0 Å². The van der Waals surface area contributed by atoms with Crippen LogP contribution >= 0.6 is 0 Å². The summed E-state index contributed by atoms with van der Waals surface area (Å²) in [6, 6.07) is 0. The molecule has 0 aliphatic heterocycles. The Morgan fingerprint density at radius 3 is 1.94 bits per heavy atom. The number of hydrogen-bond donors (Lipinski definition) is 2. The van der Waals surface area contributed by atoms with E-state index in [-0.39, 0.29) is 6.42 Å². The maximum atomic E-state index is 10.5. The van der Waals surface area contributed by atoms with Crippen LogP contribution in [0.15, 0.2) is 0 Å². The molecule has 0 amide bonds. The molecule has 0 fully saturated rings. The molecule has 0 aromatic rings. The molecule has 5 heteroatoms. The summed E-state index contributed by atoms with van der Waals surface area (Å²) in [5.74, 6) is -1.38. The van der Waals surface area contributed by atoms with E-state index in [1.54, 1.807) is 0 Å². The standard InChI is InChI=1S/C12H21O4.K/c13-11(14)9-7-5-3-1-2-4-6-8-10-12(15)16;/h7H,1-6,8-10H2,(H,13,14)(H,15,16);. The van der Waals surface area contributed by atoms with Gasteiger partial charge >= 0.3 is 138 Å². The zero-order chi connectivity index (χ0) is 13.1. The van der Waals surface area contributed by atoms with Crippen LogP contribution in [0.5, 0.6) is 0 Å². The van der Waals surface area contributed by atoms with Crippen molar-refractivity contribution >= 4 is 60.9 Å². The molecule has 0 bridgehead atoms. The molecule has 2 N–H and O–H groups in total. The summed E-state index contributed by atoms with van der Waals surface area (Å²) in [5, 5.41) is 17.1. The Labute approximate surface area is 137 Å². The first-order chi connectivity index (χ1) is 8.02. The van der Waals surface area contributed by atoms with Crippen LogP contribution in [0, 0.1) is 0 Å². The van der Waals surface area contributed by atoms with Gasteiger partial charge in [-0.25, -0.2) is 0 Å². The third-order valence-electron chi connectivity index (χ3n) is 2.86. The summed E-state index contributed by atoms with van der Waals surface area (Å²) in [6.07, 6.45) is 7.98. The van der Waals surface area contributed by atoms with Gasteiger partial charge in [0.2, 0.25) is 0 Å². The first kappa shape index (κ1) is 17.6. The van der Waals surface area contributed by atoms with Crippen molar-refractivity contribution in [3.63, 3.8) is 0 Å². The summed E-state index contributed by atoms with van der Waals surface area (Å²) in [7, 11) is 0. The topological polar surface area (TPSA) is 74.6 Å². The van der Waals surface area contributed by atoms with Crippen molar-refractivity contribution in [2.45, 2.75) is 57.8 Å². The van der Waals surface area contributed by atoms with Crippen LogP contribution in [0.3, 0.4) is 0 Å². The second-order valence-corrected chi connectivity index (χ2v) is 7.31. The van der Waals surface area contributed by atoms with Crippen molar-refractivity contribution in [3.05, 3.63) is 0 Å². The normalized spacial score (nSPS) is 12.4. The van der Waals surface area contributed by atoms with Crippen LogP contribution in [-0.4, -0.2) is 71.1 Å². The van der Waals surface area contributed by atoms with Crippen LogP contribution in [-0.2, 0) is 9.59 Å². The van der Waals surface area contributed by atoms with Gasteiger partial charge in [0.15, 0.2) is 0 Å². The zero-order valence-corrected chi connectivity index (χ0v) is 13.8. The predicted octanol–water partition coefficient (Wildman–Crippen LogP) is 2.62. The van der Waals surface area contributed by atoms with E-state index in [2.05, 4.69) is 0 Å². The minimum absolute atomic E-state index is 0.281. The Hall–Kier alpha value is 0.576. The Balaban J connectivity index is 3.18. The second-order valence-electron chi connectivity index (χ2n) is 4.76. The van der Waals surface area contributed by atoms with E-state index in [9.17, 15) is 9.59 Å². The molecule has 1 atom stereocenters. The Morgan fingerprint density at radius 1 is 0.882 bits per heavy atom. The van der Waals surface area contributed by atoms with Crippen molar-refractivity contribution < 1.29 is 19.8 Å². The molecule has 0 aliphatic rings. The van der Waals surface area contributed by atoms with E-state index in [1.807, 2.05) is 0 Å². The van der Waals surface area contributed by atoms with E-state index in [4.69, 9.17) is 10.2 Å². The molecule has 0 saturated carbocycles. The van der Waals surface area contributed by atoms with Gasteiger partial charge in [-0.3, -0.25) is 0 Å². The minimum atomic E-state index is -0.709. The van der Waals surface area contributed by atoms with Gasteiger partial charge in [-0.15, -0.1) is 0 Å². The van der Waals surface area contributed by atoms with E-state index < -0.39 is 11.9 Å². The Bertz CT molecular complexity index is 231. The van der Waals surface area contributed by atoms with Crippen LogP contribution in [0.1, 0.15) is 57.8 Å². The van der Waals surface area contributed by atoms with Crippen molar-refractivity contribution in [1.82, 2.24) is 0 Å². The van der Waals surface area contributed by atoms with Crippen LogP contribution in [0.2, 0.25) is 0.0125 Å². The predicted molar refractivity (Wildman–Crippen MR) is 66.3 cm³/mol. The van der Waals surface area contributed by atoms with Crippen molar-refractivity contribution in [2.24, 2.45) is 0 Å². The molecular formula is C12H21KO4. The Kier molecular flexibility index (Phi) is 12.0. The van der Waals surface area contributed by atoms with Gasteiger partial charge in [0.25, 0.3) is 0 Å². The van der Waals surface area contributed by atoms with E-state index in [0.717, 1.165) is 44.9 Å². The molecule has 17 heavy (non-hydrogen) atoms. The molecule has 4 nitrogen and oxygen atoms in total. The number of carboxylic acids is 2. The molecule has 0 radical (unpaired) electrons. The summed E-state index contributed by atoms with van der Waals surface area (Å²) in [6.45, 7) is 0. The molecule has 0 rings (SSSR count). The summed E-state index contributed by atoms with van der Waals surface area (Å²) >= 11 is 0.604.